The number of benzene rings is 1. The maximum atomic E-state index is 3.54. The van der Waals surface area contributed by atoms with Crippen LogP contribution in [0, 0.1) is 5.92 Å². The molecular formula is C14H22BrNS. The zero-order valence-electron chi connectivity index (χ0n) is 10.7. The molecule has 96 valence electrons. The van der Waals surface area contributed by atoms with Crippen molar-refractivity contribution < 1.29 is 0 Å². The molecule has 1 N–H and O–H groups in total. The summed E-state index contributed by atoms with van der Waals surface area (Å²) in [6.07, 6.45) is 4.65. The van der Waals surface area contributed by atoms with E-state index in [4.69, 9.17) is 0 Å². The molecule has 0 fully saturated rings. The summed E-state index contributed by atoms with van der Waals surface area (Å²) in [7, 11) is 0. The lowest BCUT2D eigenvalue weighted by Crippen LogP contribution is -2.24. The molecule has 0 bridgehead atoms. The molecule has 0 aliphatic carbocycles. The van der Waals surface area contributed by atoms with Crippen LogP contribution in [-0.2, 0) is 6.42 Å². The molecule has 0 aliphatic heterocycles. The lowest BCUT2D eigenvalue weighted by molar-refractivity contribution is 0.470. The van der Waals surface area contributed by atoms with Gasteiger partial charge in [0, 0.05) is 4.47 Å². The summed E-state index contributed by atoms with van der Waals surface area (Å²) >= 11 is 5.48. The average molecular weight is 316 g/mol. The Morgan fingerprint density at radius 3 is 2.88 bits per heavy atom. The first kappa shape index (κ1) is 15.1. The van der Waals surface area contributed by atoms with E-state index in [0.717, 1.165) is 19.0 Å². The first-order valence-corrected chi connectivity index (χ1v) is 8.39. The van der Waals surface area contributed by atoms with E-state index in [1.54, 1.807) is 0 Å². The highest BCUT2D eigenvalue weighted by Gasteiger charge is 2.09. The van der Waals surface area contributed by atoms with Gasteiger partial charge < -0.3 is 5.32 Å². The Morgan fingerprint density at radius 2 is 2.24 bits per heavy atom. The van der Waals surface area contributed by atoms with E-state index >= 15 is 0 Å². The van der Waals surface area contributed by atoms with E-state index in [2.05, 4.69) is 58.7 Å². The second kappa shape index (κ2) is 9.01. The summed E-state index contributed by atoms with van der Waals surface area (Å²) in [6, 6.07) is 8.67. The van der Waals surface area contributed by atoms with Crippen molar-refractivity contribution in [3.63, 3.8) is 0 Å². The lowest BCUT2D eigenvalue weighted by Gasteiger charge is -2.17. The van der Waals surface area contributed by atoms with E-state index in [1.165, 1.54) is 28.6 Å². The van der Waals surface area contributed by atoms with Gasteiger partial charge in [0.25, 0.3) is 0 Å². The number of hydrogen-bond donors (Lipinski definition) is 1. The second-order valence-electron chi connectivity index (χ2n) is 4.29. The van der Waals surface area contributed by atoms with E-state index in [-0.39, 0.29) is 0 Å². The quantitative estimate of drug-likeness (QED) is 0.779. The van der Waals surface area contributed by atoms with Crippen LogP contribution in [0.25, 0.3) is 0 Å². The molecule has 0 spiro atoms. The van der Waals surface area contributed by atoms with Crippen LogP contribution in [0.2, 0.25) is 0 Å². The standard InChI is InChI=1S/C14H22BrNS/c1-3-16-11-13(7-8-17-2)9-12-5-4-6-14(15)10-12/h4-6,10,13,16H,3,7-9,11H2,1-2H3. The van der Waals surface area contributed by atoms with Gasteiger partial charge in [-0.2, -0.15) is 11.8 Å². The van der Waals surface area contributed by atoms with Gasteiger partial charge in [-0.1, -0.05) is 35.0 Å². The third-order valence-electron chi connectivity index (χ3n) is 2.83. The first-order valence-electron chi connectivity index (χ1n) is 6.20. The Morgan fingerprint density at radius 1 is 1.41 bits per heavy atom. The SMILES string of the molecule is CCNCC(CCSC)Cc1cccc(Br)c1. The van der Waals surface area contributed by atoms with Crippen LogP contribution in [0.5, 0.6) is 0 Å². The van der Waals surface area contributed by atoms with Gasteiger partial charge in [0.2, 0.25) is 0 Å². The van der Waals surface area contributed by atoms with Crippen molar-refractivity contribution in [3.8, 4) is 0 Å². The van der Waals surface area contributed by atoms with E-state index in [9.17, 15) is 0 Å². The van der Waals surface area contributed by atoms with Crippen LogP contribution in [0.1, 0.15) is 18.9 Å². The maximum absolute atomic E-state index is 3.54. The minimum Gasteiger partial charge on any atom is -0.317 e. The smallest absolute Gasteiger partial charge is 0.0177 e. The van der Waals surface area contributed by atoms with Gasteiger partial charge in [-0.05, 0) is 61.6 Å². The number of thioether (sulfide) groups is 1. The summed E-state index contributed by atoms with van der Waals surface area (Å²) in [4.78, 5) is 0. The highest BCUT2D eigenvalue weighted by Crippen LogP contribution is 2.17. The van der Waals surface area contributed by atoms with Crippen molar-refractivity contribution in [3.05, 3.63) is 34.3 Å². The molecule has 0 radical (unpaired) electrons. The van der Waals surface area contributed by atoms with E-state index in [1.807, 2.05) is 11.8 Å². The lowest BCUT2D eigenvalue weighted by atomic mass is 9.97. The normalized spacial score (nSPS) is 12.6. The Balaban J connectivity index is 2.51. The monoisotopic (exact) mass is 315 g/mol. The fraction of sp³-hybridized carbons (Fsp3) is 0.571. The summed E-state index contributed by atoms with van der Waals surface area (Å²) in [6.45, 7) is 4.36. The summed E-state index contributed by atoms with van der Waals surface area (Å²) in [5.41, 5.74) is 1.43. The number of halogens is 1. The van der Waals surface area contributed by atoms with Gasteiger partial charge in [0.1, 0.15) is 0 Å². The van der Waals surface area contributed by atoms with Crippen LogP contribution in [0.4, 0.5) is 0 Å². The summed E-state index contributed by atoms with van der Waals surface area (Å²) in [5, 5.41) is 3.47. The Bertz CT molecular complexity index is 309. The zero-order chi connectivity index (χ0) is 12.5. The highest BCUT2D eigenvalue weighted by molar-refractivity contribution is 9.10. The van der Waals surface area contributed by atoms with Gasteiger partial charge >= 0.3 is 0 Å². The van der Waals surface area contributed by atoms with Crippen LogP contribution in [0.3, 0.4) is 0 Å². The van der Waals surface area contributed by atoms with Crippen molar-refractivity contribution in [1.29, 1.82) is 0 Å². The third kappa shape index (κ3) is 6.49. The minimum absolute atomic E-state index is 0.747. The van der Waals surface area contributed by atoms with Gasteiger partial charge in [0.15, 0.2) is 0 Å². The van der Waals surface area contributed by atoms with Crippen LogP contribution in [0.15, 0.2) is 28.7 Å². The highest BCUT2D eigenvalue weighted by atomic mass is 79.9. The molecule has 1 atom stereocenters. The molecule has 0 aromatic heterocycles. The zero-order valence-corrected chi connectivity index (χ0v) is 13.1. The van der Waals surface area contributed by atoms with E-state index in [0.29, 0.717) is 0 Å². The van der Waals surface area contributed by atoms with Crippen LogP contribution in [-0.4, -0.2) is 25.1 Å². The van der Waals surface area contributed by atoms with Crippen LogP contribution < -0.4 is 5.32 Å². The molecule has 17 heavy (non-hydrogen) atoms. The number of hydrogen-bond acceptors (Lipinski definition) is 2. The predicted octanol–water partition coefficient (Wildman–Crippen LogP) is 3.97. The van der Waals surface area contributed by atoms with Gasteiger partial charge in [0.05, 0.1) is 0 Å². The second-order valence-corrected chi connectivity index (χ2v) is 6.19. The average Bonchev–Trinajstić information content (AvgIpc) is 2.32. The Hall–Kier alpha value is 0.01000. The Kier molecular flexibility index (Phi) is 7.99. The molecule has 1 aromatic rings. The molecule has 1 nitrogen and oxygen atoms in total. The first-order chi connectivity index (χ1) is 8.26. The molecule has 0 aliphatic rings. The molecule has 1 unspecified atom stereocenters. The molecule has 0 amide bonds. The van der Waals surface area contributed by atoms with Gasteiger partial charge in [-0.3, -0.25) is 0 Å². The minimum atomic E-state index is 0.747. The predicted molar refractivity (Wildman–Crippen MR) is 82.9 cm³/mol. The maximum Gasteiger partial charge on any atom is 0.0177 e. The van der Waals surface area contributed by atoms with Crippen molar-refractivity contribution >= 4 is 27.7 Å². The molecule has 1 rings (SSSR count). The summed E-state index contributed by atoms with van der Waals surface area (Å²) < 4.78 is 1.18. The molecule has 1 aromatic carbocycles. The third-order valence-corrected chi connectivity index (χ3v) is 3.96. The topological polar surface area (TPSA) is 12.0 Å². The van der Waals surface area contributed by atoms with Gasteiger partial charge in [-0.15, -0.1) is 0 Å². The molecule has 0 saturated heterocycles. The van der Waals surface area contributed by atoms with Crippen molar-refractivity contribution in [1.82, 2.24) is 5.32 Å². The summed E-state index contributed by atoms with van der Waals surface area (Å²) in [5.74, 6) is 2.00. The van der Waals surface area contributed by atoms with Gasteiger partial charge in [-0.25, -0.2) is 0 Å². The molecular weight excluding hydrogens is 294 g/mol. The number of rotatable bonds is 8. The molecule has 3 heteroatoms. The fourth-order valence-corrected chi connectivity index (χ4v) is 2.92. The fourth-order valence-electron chi connectivity index (χ4n) is 1.91. The van der Waals surface area contributed by atoms with Crippen LogP contribution >= 0.6 is 27.7 Å². The molecule has 0 saturated carbocycles. The molecule has 0 heterocycles. The Labute approximate surface area is 118 Å². The number of nitrogens with one attached hydrogen (secondary N) is 1. The largest absolute Gasteiger partial charge is 0.317 e. The van der Waals surface area contributed by atoms with Crippen molar-refractivity contribution in [2.75, 3.05) is 25.1 Å². The van der Waals surface area contributed by atoms with E-state index < -0.39 is 0 Å². The van der Waals surface area contributed by atoms with Crippen molar-refractivity contribution in [2.45, 2.75) is 19.8 Å². The van der Waals surface area contributed by atoms with Crippen molar-refractivity contribution in [2.24, 2.45) is 5.92 Å².